The molecular formula is C15H19NO4. The highest BCUT2D eigenvalue weighted by molar-refractivity contribution is 5.68. The lowest BCUT2D eigenvalue weighted by molar-refractivity contribution is -0.137. The molecule has 1 amide bonds. The molecule has 0 bridgehead atoms. The normalized spacial score (nSPS) is 14.7. The molecule has 0 spiro atoms. The van der Waals surface area contributed by atoms with Crippen LogP contribution in [0.3, 0.4) is 0 Å². The number of ether oxygens (including phenoxy) is 1. The summed E-state index contributed by atoms with van der Waals surface area (Å²) >= 11 is 0. The van der Waals surface area contributed by atoms with Crippen molar-refractivity contribution in [1.82, 2.24) is 4.90 Å². The van der Waals surface area contributed by atoms with Crippen LogP contribution in [0.5, 0.6) is 0 Å². The zero-order valence-electron chi connectivity index (χ0n) is 11.3. The maximum Gasteiger partial charge on any atom is 0.410 e. The molecule has 1 heterocycles. The molecule has 1 N–H and O–H groups in total. The quantitative estimate of drug-likeness (QED) is 0.867. The van der Waals surface area contributed by atoms with Crippen LogP contribution < -0.4 is 0 Å². The Hall–Kier alpha value is -2.04. The Bertz CT molecular complexity index is 454. The van der Waals surface area contributed by atoms with E-state index in [0.717, 1.165) is 12.0 Å². The van der Waals surface area contributed by atoms with Gasteiger partial charge in [0.05, 0.1) is 0 Å². The van der Waals surface area contributed by atoms with E-state index >= 15 is 0 Å². The summed E-state index contributed by atoms with van der Waals surface area (Å²) in [7, 11) is 0. The molecule has 1 aliphatic rings. The first-order valence-corrected chi connectivity index (χ1v) is 6.82. The second kappa shape index (κ2) is 6.93. The van der Waals surface area contributed by atoms with Crippen molar-refractivity contribution >= 4 is 12.1 Å². The predicted molar refractivity (Wildman–Crippen MR) is 73.2 cm³/mol. The average Bonchev–Trinajstić information content (AvgIpc) is 2.39. The van der Waals surface area contributed by atoms with Gasteiger partial charge in [0.2, 0.25) is 0 Å². The maximum absolute atomic E-state index is 11.7. The number of rotatable bonds is 6. The molecule has 0 atom stereocenters. The zero-order chi connectivity index (χ0) is 14.4. The van der Waals surface area contributed by atoms with Gasteiger partial charge in [-0.15, -0.1) is 0 Å². The number of amides is 1. The standard InChI is InChI=1S/C15H19NO4/c17-14(18)8-4-7-13-9-16(10-13)15(19)20-11-12-5-2-1-3-6-12/h1-3,5-6,13H,4,7-11H2,(H,17,18). The highest BCUT2D eigenvalue weighted by Crippen LogP contribution is 2.22. The minimum Gasteiger partial charge on any atom is -0.481 e. The molecule has 1 saturated heterocycles. The maximum atomic E-state index is 11.7. The summed E-state index contributed by atoms with van der Waals surface area (Å²) in [5, 5.41) is 8.55. The first-order chi connectivity index (χ1) is 9.65. The molecule has 1 aliphatic heterocycles. The second-order valence-corrected chi connectivity index (χ2v) is 5.10. The molecule has 1 aromatic carbocycles. The van der Waals surface area contributed by atoms with Gasteiger partial charge in [0, 0.05) is 19.5 Å². The Morgan fingerprint density at radius 1 is 1.25 bits per heavy atom. The van der Waals surface area contributed by atoms with Gasteiger partial charge in [-0.1, -0.05) is 30.3 Å². The largest absolute Gasteiger partial charge is 0.481 e. The lowest BCUT2D eigenvalue weighted by Crippen LogP contribution is -2.50. The van der Waals surface area contributed by atoms with Crippen LogP contribution in [0.25, 0.3) is 0 Å². The van der Waals surface area contributed by atoms with E-state index in [2.05, 4.69) is 0 Å². The Morgan fingerprint density at radius 2 is 1.95 bits per heavy atom. The van der Waals surface area contributed by atoms with Crippen LogP contribution in [0.1, 0.15) is 24.8 Å². The topological polar surface area (TPSA) is 66.8 Å². The van der Waals surface area contributed by atoms with Crippen LogP contribution in [0.2, 0.25) is 0 Å². The van der Waals surface area contributed by atoms with Gasteiger partial charge in [-0.2, -0.15) is 0 Å². The first kappa shape index (κ1) is 14.4. The second-order valence-electron chi connectivity index (χ2n) is 5.10. The fourth-order valence-corrected chi connectivity index (χ4v) is 2.25. The van der Waals surface area contributed by atoms with Gasteiger partial charge < -0.3 is 14.7 Å². The summed E-state index contributed by atoms with van der Waals surface area (Å²) in [5.41, 5.74) is 0.972. The third kappa shape index (κ3) is 4.26. The molecular weight excluding hydrogens is 258 g/mol. The lowest BCUT2D eigenvalue weighted by atomic mass is 9.94. The van der Waals surface area contributed by atoms with E-state index in [9.17, 15) is 9.59 Å². The zero-order valence-corrected chi connectivity index (χ0v) is 11.3. The van der Waals surface area contributed by atoms with Gasteiger partial charge in [0.15, 0.2) is 0 Å². The summed E-state index contributed by atoms with van der Waals surface area (Å²) in [6, 6.07) is 9.56. The highest BCUT2D eigenvalue weighted by Gasteiger charge is 2.31. The molecule has 20 heavy (non-hydrogen) atoms. The van der Waals surface area contributed by atoms with Crippen molar-refractivity contribution in [2.24, 2.45) is 5.92 Å². The molecule has 1 fully saturated rings. The smallest absolute Gasteiger partial charge is 0.410 e. The monoisotopic (exact) mass is 277 g/mol. The highest BCUT2D eigenvalue weighted by atomic mass is 16.6. The van der Waals surface area contributed by atoms with Crippen molar-refractivity contribution in [2.75, 3.05) is 13.1 Å². The van der Waals surface area contributed by atoms with E-state index in [1.54, 1.807) is 4.90 Å². The molecule has 108 valence electrons. The molecule has 1 aromatic rings. The fourth-order valence-electron chi connectivity index (χ4n) is 2.25. The predicted octanol–water partition coefficient (Wildman–Crippen LogP) is 2.51. The number of carbonyl (C=O) groups excluding carboxylic acids is 1. The van der Waals surface area contributed by atoms with E-state index < -0.39 is 5.97 Å². The minimum atomic E-state index is -0.761. The van der Waals surface area contributed by atoms with Crippen LogP contribution >= 0.6 is 0 Å². The number of benzene rings is 1. The van der Waals surface area contributed by atoms with E-state index in [-0.39, 0.29) is 12.5 Å². The first-order valence-electron chi connectivity index (χ1n) is 6.82. The van der Waals surface area contributed by atoms with E-state index in [0.29, 0.717) is 32.0 Å². The number of carboxylic acids is 1. The molecule has 0 aromatic heterocycles. The Kier molecular flexibility index (Phi) is 4.98. The Labute approximate surface area is 118 Å². The van der Waals surface area contributed by atoms with E-state index in [1.165, 1.54) is 0 Å². The lowest BCUT2D eigenvalue weighted by Gasteiger charge is -2.38. The molecule has 0 unspecified atom stereocenters. The number of hydrogen-bond acceptors (Lipinski definition) is 3. The Morgan fingerprint density at radius 3 is 2.60 bits per heavy atom. The number of carboxylic acid groups (broad SMARTS) is 1. The molecule has 0 saturated carbocycles. The van der Waals surface area contributed by atoms with Crippen LogP contribution in [0.15, 0.2) is 30.3 Å². The summed E-state index contributed by atoms with van der Waals surface area (Å²) < 4.78 is 5.22. The third-order valence-corrected chi connectivity index (χ3v) is 3.42. The van der Waals surface area contributed by atoms with Crippen molar-refractivity contribution in [1.29, 1.82) is 0 Å². The van der Waals surface area contributed by atoms with E-state index in [1.807, 2.05) is 30.3 Å². The van der Waals surface area contributed by atoms with Gasteiger partial charge in [0.25, 0.3) is 0 Å². The van der Waals surface area contributed by atoms with Gasteiger partial charge in [-0.05, 0) is 24.3 Å². The average molecular weight is 277 g/mol. The van der Waals surface area contributed by atoms with Crippen LogP contribution in [-0.4, -0.2) is 35.2 Å². The molecule has 0 aliphatic carbocycles. The van der Waals surface area contributed by atoms with Crippen molar-refractivity contribution in [3.05, 3.63) is 35.9 Å². The number of nitrogens with zero attached hydrogens (tertiary/aromatic N) is 1. The molecule has 2 rings (SSSR count). The van der Waals surface area contributed by atoms with Gasteiger partial charge in [-0.25, -0.2) is 4.79 Å². The summed E-state index contributed by atoms with van der Waals surface area (Å²) in [5.74, 6) is -0.345. The van der Waals surface area contributed by atoms with Crippen LogP contribution in [-0.2, 0) is 16.1 Å². The third-order valence-electron chi connectivity index (χ3n) is 3.42. The SMILES string of the molecule is O=C(O)CCCC1CN(C(=O)OCc2ccccc2)C1. The van der Waals surface area contributed by atoms with E-state index in [4.69, 9.17) is 9.84 Å². The molecule has 0 radical (unpaired) electrons. The molecule has 5 nitrogen and oxygen atoms in total. The van der Waals surface area contributed by atoms with Crippen LogP contribution in [0.4, 0.5) is 4.79 Å². The van der Waals surface area contributed by atoms with Gasteiger partial charge >= 0.3 is 12.1 Å². The van der Waals surface area contributed by atoms with Crippen molar-refractivity contribution < 1.29 is 19.4 Å². The number of carbonyl (C=O) groups is 2. The summed E-state index contributed by atoms with van der Waals surface area (Å²) in [6.07, 6.45) is 1.44. The number of hydrogen-bond donors (Lipinski definition) is 1. The number of likely N-dealkylation sites (tertiary alicyclic amines) is 1. The Balaban J connectivity index is 1.60. The van der Waals surface area contributed by atoms with Gasteiger partial charge in [0.1, 0.15) is 6.61 Å². The minimum absolute atomic E-state index is 0.203. The van der Waals surface area contributed by atoms with Crippen molar-refractivity contribution in [3.8, 4) is 0 Å². The van der Waals surface area contributed by atoms with Crippen LogP contribution in [0, 0.1) is 5.92 Å². The van der Waals surface area contributed by atoms with Gasteiger partial charge in [-0.3, -0.25) is 4.79 Å². The molecule has 5 heteroatoms. The number of aliphatic carboxylic acids is 1. The summed E-state index contributed by atoms with van der Waals surface area (Å²) in [6.45, 7) is 1.64. The van der Waals surface area contributed by atoms with Crippen molar-refractivity contribution in [2.45, 2.75) is 25.9 Å². The van der Waals surface area contributed by atoms with Crippen molar-refractivity contribution in [3.63, 3.8) is 0 Å². The fraction of sp³-hybridized carbons (Fsp3) is 0.467. The summed E-state index contributed by atoms with van der Waals surface area (Å²) in [4.78, 5) is 23.8.